The molecule has 2 rings (SSSR count). The third-order valence-corrected chi connectivity index (χ3v) is 3.93. The molecule has 0 atom stereocenters. The van der Waals surface area contributed by atoms with E-state index in [-0.39, 0.29) is 6.54 Å². The van der Waals surface area contributed by atoms with Crippen LogP contribution in [0.5, 0.6) is 0 Å². The van der Waals surface area contributed by atoms with Crippen LogP contribution in [0.4, 0.5) is 13.2 Å². The van der Waals surface area contributed by atoms with Gasteiger partial charge in [0.15, 0.2) is 0 Å². The fourth-order valence-corrected chi connectivity index (χ4v) is 3.05. The Morgan fingerprint density at radius 2 is 1.86 bits per heavy atom. The molecular weight excluding hydrogens is 297 g/mol. The molecule has 0 aliphatic heterocycles. The highest BCUT2D eigenvalue weighted by atomic mass is 32.2. The van der Waals surface area contributed by atoms with E-state index in [0.717, 1.165) is 28.4 Å². The molecule has 0 aliphatic rings. The van der Waals surface area contributed by atoms with Crippen molar-refractivity contribution in [2.24, 2.45) is 5.73 Å². The van der Waals surface area contributed by atoms with Gasteiger partial charge in [0.2, 0.25) is 0 Å². The summed E-state index contributed by atoms with van der Waals surface area (Å²) in [5.74, 6) is 0. The topological polar surface area (TPSA) is 38.9 Å². The summed E-state index contributed by atoms with van der Waals surface area (Å²) in [6.07, 6.45) is -4.36. The Bertz CT molecular complexity index is 634. The first-order valence-corrected chi connectivity index (χ1v) is 7.14. The van der Waals surface area contributed by atoms with Crippen molar-refractivity contribution in [2.75, 3.05) is 0 Å². The van der Waals surface area contributed by atoms with Gasteiger partial charge in [-0.15, -0.1) is 0 Å². The second-order valence-electron chi connectivity index (χ2n) is 4.75. The smallest absolute Gasteiger partial charge is 0.326 e. The molecule has 0 saturated heterocycles. The Hall–Kier alpha value is -1.53. The summed E-state index contributed by atoms with van der Waals surface area (Å²) in [6.45, 7) is 3.89. The molecule has 21 heavy (non-hydrogen) atoms. The molecule has 0 amide bonds. The Labute approximate surface area is 125 Å². The number of nitrogens with two attached hydrogens (primary N) is 1. The predicted molar refractivity (Wildman–Crippen MR) is 77.2 cm³/mol. The molecule has 0 saturated carbocycles. The molecular formula is C15H15F3N2S. The zero-order valence-corrected chi connectivity index (χ0v) is 12.5. The Morgan fingerprint density at radius 3 is 2.43 bits per heavy atom. The minimum Gasteiger partial charge on any atom is -0.326 e. The Balaban J connectivity index is 2.36. The van der Waals surface area contributed by atoms with Crippen LogP contribution in [0, 0.1) is 13.8 Å². The summed E-state index contributed by atoms with van der Waals surface area (Å²) >= 11 is 1.33. The number of hydrogen-bond donors (Lipinski definition) is 1. The van der Waals surface area contributed by atoms with Crippen LogP contribution in [0.3, 0.4) is 0 Å². The fourth-order valence-electron chi connectivity index (χ4n) is 1.98. The fraction of sp³-hybridized carbons (Fsp3) is 0.267. The van der Waals surface area contributed by atoms with Crippen LogP contribution >= 0.6 is 11.8 Å². The molecule has 2 N–H and O–H groups in total. The number of benzene rings is 1. The van der Waals surface area contributed by atoms with E-state index in [1.807, 2.05) is 26.0 Å². The van der Waals surface area contributed by atoms with E-state index in [1.165, 1.54) is 17.8 Å². The summed E-state index contributed by atoms with van der Waals surface area (Å²) in [4.78, 5) is 5.07. The third kappa shape index (κ3) is 3.98. The predicted octanol–water partition coefficient (Wildman–Crippen LogP) is 4.33. The molecule has 6 heteroatoms. The Kier molecular flexibility index (Phi) is 4.58. The highest BCUT2D eigenvalue weighted by Gasteiger charge is 2.30. The van der Waals surface area contributed by atoms with Gasteiger partial charge in [-0.1, -0.05) is 11.8 Å². The molecule has 2 aromatic rings. The van der Waals surface area contributed by atoms with Crippen molar-refractivity contribution in [2.45, 2.75) is 36.5 Å². The van der Waals surface area contributed by atoms with E-state index in [9.17, 15) is 13.2 Å². The van der Waals surface area contributed by atoms with Crippen molar-refractivity contribution < 1.29 is 13.2 Å². The summed E-state index contributed by atoms with van der Waals surface area (Å²) in [5, 5.41) is 0.752. The molecule has 0 bridgehead atoms. The van der Waals surface area contributed by atoms with Crippen molar-refractivity contribution in [1.82, 2.24) is 4.98 Å². The molecule has 0 aliphatic carbocycles. The lowest BCUT2D eigenvalue weighted by Crippen LogP contribution is -2.07. The van der Waals surface area contributed by atoms with Gasteiger partial charge in [-0.3, -0.25) is 0 Å². The van der Waals surface area contributed by atoms with Crippen molar-refractivity contribution >= 4 is 11.8 Å². The number of halogens is 3. The first-order valence-electron chi connectivity index (χ1n) is 6.33. The highest BCUT2D eigenvalue weighted by molar-refractivity contribution is 7.99. The van der Waals surface area contributed by atoms with Crippen LogP contribution in [0.15, 0.2) is 40.3 Å². The molecule has 0 fully saturated rings. The molecule has 1 aromatic heterocycles. The molecule has 0 unspecified atom stereocenters. The number of aromatic nitrogens is 1. The SMILES string of the molecule is Cc1cc(C)nc(Sc2ccc(C(F)(F)F)cc2CN)c1. The van der Waals surface area contributed by atoms with E-state index in [0.29, 0.717) is 10.5 Å². The van der Waals surface area contributed by atoms with Gasteiger partial charge in [-0.25, -0.2) is 4.98 Å². The quantitative estimate of drug-likeness (QED) is 0.917. The zero-order chi connectivity index (χ0) is 15.6. The van der Waals surface area contributed by atoms with Crippen LogP contribution in [0.1, 0.15) is 22.4 Å². The molecule has 0 radical (unpaired) electrons. The number of rotatable bonds is 3. The van der Waals surface area contributed by atoms with E-state index >= 15 is 0 Å². The maximum absolute atomic E-state index is 12.7. The van der Waals surface area contributed by atoms with E-state index < -0.39 is 11.7 Å². The first kappa shape index (κ1) is 15.9. The zero-order valence-electron chi connectivity index (χ0n) is 11.7. The third-order valence-electron chi connectivity index (χ3n) is 2.90. The van der Waals surface area contributed by atoms with Crippen molar-refractivity contribution in [3.8, 4) is 0 Å². The normalized spacial score (nSPS) is 11.7. The van der Waals surface area contributed by atoms with Crippen molar-refractivity contribution in [1.29, 1.82) is 0 Å². The maximum Gasteiger partial charge on any atom is 0.416 e. The summed E-state index contributed by atoms with van der Waals surface area (Å²) < 4.78 is 38.1. The number of alkyl halides is 3. The molecule has 1 aromatic carbocycles. The van der Waals surface area contributed by atoms with Gasteiger partial charge in [0.1, 0.15) is 5.03 Å². The monoisotopic (exact) mass is 312 g/mol. The van der Waals surface area contributed by atoms with Gasteiger partial charge in [-0.2, -0.15) is 13.2 Å². The van der Waals surface area contributed by atoms with Gasteiger partial charge >= 0.3 is 6.18 Å². The van der Waals surface area contributed by atoms with Crippen LogP contribution in [-0.4, -0.2) is 4.98 Å². The van der Waals surface area contributed by atoms with Gasteiger partial charge in [0.25, 0.3) is 0 Å². The van der Waals surface area contributed by atoms with Gasteiger partial charge in [0.05, 0.1) is 5.56 Å². The van der Waals surface area contributed by atoms with Gasteiger partial charge in [0, 0.05) is 17.1 Å². The number of pyridine rings is 1. The van der Waals surface area contributed by atoms with Crippen molar-refractivity contribution in [3.63, 3.8) is 0 Å². The summed E-state index contributed by atoms with van der Waals surface area (Å²) in [6, 6.07) is 7.47. The minimum absolute atomic E-state index is 0.0526. The Morgan fingerprint density at radius 1 is 1.14 bits per heavy atom. The van der Waals surface area contributed by atoms with Gasteiger partial charge < -0.3 is 5.73 Å². The maximum atomic E-state index is 12.7. The largest absolute Gasteiger partial charge is 0.416 e. The highest BCUT2D eigenvalue weighted by Crippen LogP contribution is 2.35. The lowest BCUT2D eigenvalue weighted by Gasteiger charge is -2.12. The van der Waals surface area contributed by atoms with E-state index in [4.69, 9.17) is 5.73 Å². The second kappa shape index (κ2) is 6.07. The lowest BCUT2D eigenvalue weighted by atomic mass is 10.1. The average Bonchev–Trinajstić information content (AvgIpc) is 2.36. The van der Waals surface area contributed by atoms with Crippen LogP contribution in [0.25, 0.3) is 0 Å². The first-order chi connectivity index (χ1) is 9.79. The van der Waals surface area contributed by atoms with Crippen LogP contribution in [0.2, 0.25) is 0 Å². The summed E-state index contributed by atoms with van der Waals surface area (Å²) in [5.41, 5.74) is 7.30. The standard InChI is InChI=1S/C15H15F3N2S/c1-9-5-10(2)20-14(6-9)21-13-4-3-12(15(16,17)18)7-11(13)8-19/h3-7H,8,19H2,1-2H3. The van der Waals surface area contributed by atoms with Crippen LogP contribution < -0.4 is 5.73 Å². The molecule has 2 nitrogen and oxygen atoms in total. The second-order valence-corrected chi connectivity index (χ2v) is 5.81. The molecule has 0 spiro atoms. The minimum atomic E-state index is -4.36. The van der Waals surface area contributed by atoms with Gasteiger partial charge in [-0.05, 0) is 55.3 Å². The lowest BCUT2D eigenvalue weighted by molar-refractivity contribution is -0.137. The number of nitrogens with zero attached hydrogens (tertiary/aromatic N) is 1. The average molecular weight is 312 g/mol. The molecule has 112 valence electrons. The molecule has 1 heterocycles. The van der Waals surface area contributed by atoms with E-state index in [2.05, 4.69) is 4.98 Å². The number of hydrogen-bond acceptors (Lipinski definition) is 3. The number of aryl methyl sites for hydroxylation is 2. The van der Waals surface area contributed by atoms with Crippen molar-refractivity contribution in [3.05, 3.63) is 52.7 Å². The summed E-state index contributed by atoms with van der Waals surface area (Å²) in [7, 11) is 0. The van der Waals surface area contributed by atoms with E-state index in [1.54, 1.807) is 0 Å². The van der Waals surface area contributed by atoms with Crippen LogP contribution in [-0.2, 0) is 12.7 Å².